The standard InChI is InChI=1S/C12H18F2N2O3S/c1-4-16(8(2)7-19-3)20(17,18)12-10(13)5-9(15)6-11(12)14/h5-6,8H,4,7,15H2,1-3H3. The number of nitrogens with two attached hydrogens (primary N) is 1. The molecule has 1 rings (SSSR count). The van der Waals surface area contributed by atoms with Crippen molar-refractivity contribution < 1.29 is 21.9 Å². The Kier molecular flexibility index (Phi) is 5.43. The number of benzene rings is 1. The van der Waals surface area contributed by atoms with Crippen LogP contribution >= 0.6 is 0 Å². The van der Waals surface area contributed by atoms with Gasteiger partial charge in [-0.05, 0) is 19.1 Å². The predicted octanol–water partition coefficient (Wildman–Crippen LogP) is 1.59. The van der Waals surface area contributed by atoms with Gasteiger partial charge in [0.1, 0.15) is 11.6 Å². The van der Waals surface area contributed by atoms with Gasteiger partial charge in [-0.25, -0.2) is 17.2 Å². The quantitative estimate of drug-likeness (QED) is 0.810. The van der Waals surface area contributed by atoms with E-state index in [0.29, 0.717) is 0 Å². The zero-order valence-electron chi connectivity index (χ0n) is 11.6. The number of halogens is 2. The molecule has 0 amide bonds. The van der Waals surface area contributed by atoms with Crippen LogP contribution in [0.3, 0.4) is 0 Å². The van der Waals surface area contributed by atoms with Crippen molar-refractivity contribution in [2.45, 2.75) is 24.8 Å². The number of ether oxygens (including phenoxy) is 1. The van der Waals surface area contributed by atoms with Crippen LogP contribution in [0.5, 0.6) is 0 Å². The molecule has 0 aliphatic heterocycles. The van der Waals surface area contributed by atoms with E-state index in [1.54, 1.807) is 13.8 Å². The van der Waals surface area contributed by atoms with Crippen LogP contribution in [-0.2, 0) is 14.8 Å². The van der Waals surface area contributed by atoms with Gasteiger partial charge < -0.3 is 10.5 Å². The predicted molar refractivity (Wildman–Crippen MR) is 71.7 cm³/mol. The van der Waals surface area contributed by atoms with E-state index in [4.69, 9.17) is 10.5 Å². The summed E-state index contributed by atoms with van der Waals surface area (Å²) in [6.45, 7) is 3.36. The summed E-state index contributed by atoms with van der Waals surface area (Å²) in [4.78, 5) is -0.989. The first-order valence-electron chi connectivity index (χ1n) is 6.01. The Bertz CT molecular complexity index is 555. The van der Waals surface area contributed by atoms with Crippen molar-refractivity contribution in [2.75, 3.05) is 26.0 Å². The molecule has 0 saturated heterocycles. The lowest BCUT2D eigenvalue weighted by Gasteiger charge is -2.27. The van der Waals surface area contributed by atoms with E-state index in [0.717, 1.165) is 16.4 Å². The Morgan fingerprint density at radius 3 is 2.25 bits per heavy atom. The van der Waals surface area contributed by atoms with Gasteiger partial charge in [0.2, 0.25) is 10.0 Å². The van der Waals surface area contributed by atoms with Crippen LogP contribution in [0.15, 0.2) is 17.0 Å². The molecule has 8 heteroatoms. The average Bonchev–Trinajstić information content (AvgIpc) is 2.27. The molecule has 0 bridgehead atoms. The fraction of sp³-hybridized carbons (Fsp3) is 0.500. The van der Waals surface area contributed by atoms with Crippen LogP contribution in [0.2, 0.25) is 0 Å². The van der Waals surface area contributed by atoms with Gasteiger partial charge >= 0.3 is 0 Å². The van der Waals surface area contributed by atoms with Gasteiger partial charge in [0.15, 0.2) is 4.90 Å². The highest BCUT2D eigenvalue weighted by atomic mass is 32.2. The zero-order chi connectivity index (χ0) is 15.5. The maximum absolute atomic E-state index is 13.8. The number of hydrogen-bond acceptors (Lipinski definition) is 4. The van der Waals surface area contributed by atoms with E-state index >= 15 is 0 Å². The summed E-state index contributed by atoms with van der Waals surface area (Å²) in [7, 11) is -2.88. The maximum atomic E-state index is 13.8. The fourth-order valence-electron chi connectivity index (χ4n) is 1.99. The molecule has 0 spiro atoms. The summed E-state index contributed by atoms with van der Waals surface area (Å²) < 4.78 is 58.2. The summed E-state index contributed by atoms with van der Waals surface area (Å²) in [6, 6.07) is 1.02. The Labute approximate surface area is 117 Å². The molecular formula is C12H18F2N2O3S. The second-order valence-electron chi connectivity index (χ2n) is 4.33. The zero-order valence-corrected chi connectivity index (χ0v) is 12.4. The summed E-state index contributed by atoms with van der Waals surface area (Å²) in [5.41, 5.74) is 5.11. The van der Waals surface area contributed by atoms with Gasteiger partial charge in [-0.1, -0.05) is 6.92 Å². The third-order valence-electron chi connectivity index (χ3n) is 2.80. The molecule has 5 nitrogen and oxygen atoms in total. The van der Waals surface area contributed by atoms with Gasteiger partial charge in [-0.3, -0.25) is 0 Å². The van der Waals surface area contributed by atoms with E-state index < -0.39 is 32.6 Å². The van der Waals surface area contributed by atoms with Gasteiger partial charge in [0.05, 0.1) is 6.61 Å². The smallest absolute Gasteiger partial charge is 0.249 e. The van der Waals surface area contributed by atoms with Crippen molar-refractivity contribution in [1.29, 1.82) is 0 Å². The minimum absolute atomic E-state index is 0.0656. The Hall–Kier alpha value is -1.25. The Balaban J connectivity index is 3.35. The first-order chi connectivity index (χ1) is 9.25. The van der Waals surface area contributed by atoms with E-state index in [-0.39, 0.29) is 18.8 Å². The van der Waals surface area contributed by atoms with Crippen molar-refractivity contribution in [3.8, 4) is 0 Å². The summed E-state index contributed by atoms with van der Waals surface area (Å²) >= 11 is 0. The molecule has 0 fully saturated rings. The molecule has 1 unspecified atom stereocenters. The molecule has 0 aromatic heterocycles. The van der Waals surface area contributed by atoms with E-state index in [9.17, 15) is 17.2 Å². The number of anilines is 1. The highest BCUT2D eigenvalue weighted by Crippen LogP contribution is 2.26. The molecule has 1 aromatic carbocycles. The molecular weight excluding hydrogens is 290 g/mol. The van der Waals surface area contributed by atoms with Gasteiger partial charge in [0.25, 0.3) is 0 Å². The van der Waals surface area contributed by atoms with Crippen LogP contribution in [0, 0.1) is 11.6 Å². The van der Waals surface area contributed by atoms with Crippen LogP contribution in [0.25, 0.3) is 0 Å². The highest BCUT2D eigenvalue weighted by Gasteiger charge is 2.33. The van der Waals surface area contributed by atoms with Crippen LogP contribution in [-0.4, -0.2) is 39.0 Å². The first kappa shape index (κ1) is 16.8. The Morgan fingerprint density at radius 2 is 1.85 bits per heavy atom. The second-order valence-corrected chi connectivity index (χ2v) is 6.15. The molecule has 0 radical (unpaired) electrons. The van der Waals surface area contributed by atoms with Crippen molar-refractivity contribution in [3.05, 3.63) is 23.8 Å². The van der Waals surface area contributed by atoms with Crippen LogP contribution in [0.4, 0.5) is 14.5 Å². The van der Waals surface area contributed by atoms with Crippen molar-refractivity contribution in [1.82, 2.24) is 4.31 Å². The van der Waals surface area contributed by atoms with Gasteiger partial charge in [-0.15, -0.1) is 0 Å². The lowest BCUT2D eigenvalue weighted by Crippen LogP contribution is -2.41. The minimum atomic E-state index is -4.30. The van der Waals surface area contributed by atoms with Crippen molar-refractivity contribution in [2.24, 2.45) is 0 Å². The summed E-state index contributed by atoms with van der Waals surface area (Å²) in [5.74, 6) is -2.41. The lowest BCUT2D eigenvalue weighted by atomic mass is 10.3. The number of hydrogen-bond donors (Lipinski definition) is 1. The number of nitrogen functional groups attached to an aromatic ring is 1. The molecule has 0 aliphatic rings. The number of rotatable bonds is 6. The first-order valence-corrected chi connectivity index (χ1v) is 7.45. The summed E-state index contributed by atoms with van der Waals surface area (Å²) in [6.07, 6.45) is 0. The van der Waals surface area contributed by atoms with Gasteiger partial charge in [-0.2, -0.15) is 4.31 Å². The van der Waals surface area contributed by atoms with E-state index in [2.05, 4.69) is 0 Å². The molecule has 114 valence electrons. The van der Waals surface area contributed by atoms with Gasteiger partial charge in [0, 0.05) is 25.4 Å². The number of likely N-dealkylation sites (N-methyl/N-ethyl adjacent to an activating group) is 1. The number of nitrogens with zero attached hydrogens (tertiary/aromatic N) is 1. The highest BCUT2D eigenvalue weighted by molar-refractivity contribution is 7.89. The monoisotopic (exact) mass is 308 g/mol. The summed E-state index contributed by atoms with van der Waals surface area (Å²) in [5, 5.41) is 0. The fourth-order valence-corrected chi connectivity index (χ4v) is 3.71. The number of methoxy groups -OCH3 is 1. The lowest BCUT2D eigenvalue weighted by molar-refractivity contribution is 0.142. The largest absolute Gasteiger partial charge is 0.399 e. The normalized spacial score (nSPS) is 13.7. The van der Waals surface area contributed by atoms with E-state index in [1.807, 2.05) is 0 Å². The maximum Gasteiger partial charge on any atom is 0.249 e. The van der Waals surface area contributed by atoms with Crippen molar-refractivity contribution >= 4 is 15.7 Å². The topological polar surface area (TPSA) is 72.6 Å². The van der Waals surface area contributed by atoms with Crippen molar-refractivity contribution in [3.63, 3.8) is 0 Å². The second kappa shape index (κ2) is 6.47. The molecule has 1 atom stereocenters. The molecule has 0 heterocycles. The SMILES string of the molecule is CCN(C(C)COC)S(=O)(=O)c1c(F)cc(N)cc1F. The molecule has 2 N–H and O–H groups in total. The number of sulfonamides is 1. The third-order valence-corrected chi connectivity index (χ3v) is 4.94. The molecule has 1 aromatic rings. The van der Waals surface area contributed by atoms with Crippen LogP contribution in [0.1, 0.15) is 13.8 Å². The van der Waals surface area contributed by atoms with E-state index in [1.165, 1.54) is 7.11 Å². The molecule has 20 heavy (non-hydrogen) atoms. The average molecular weight is 308 g/mol. The molecule has 0 saturated carbocycles. The Morgan fingerprint density at radius 1 is 1.35 bits per heavy atom. The third kappa shape index (κ3) is 3.25. The van der Waals surface area contributed by atoms with Crippen LogP contribution < -0.4 is 5.73 Å². The molecule has 0 aliphatic carbocycles. The minimum Gasteiger partial charge on any atom is -0.399 e.